The molecule has 0 spiro atoms. The van der Waals surface area contributed by atoms with Gasteiger partial charge in [0.1, 0.15) is 5.49 Å². The van der Waals surface area contributed by atoms with Crippen LogP contribution in [-0.2, 0) is 0 Å². The van der Waals surface area contributed by atoms with E-state index in [1.165, 1.54) is 48.0 Å². The summed E-state index contributed by atoms with van der Waals surface area (Å²) in [6.45, 7) is 0. The van der Waals surface area contributed by atoms with Crippen LogP contribution < -0.4 is 37.3 Å². The van der Waals surface area contributed by atoms with Gasteiger partial charge in [-0.05, 0) is 133 Å². The van der Waals surface area contributed by atoms with Crippen molar-refractivity contribution in [3.63, 3.8) is 0 Å². The Kier molecular flexibility index (Phi) is 11.9. The van der Waals surface area contributed by atoms with E-state index >= 15 is 0 Å². The predicted octanol–water partition coefficient (Wildman–Crippen LogP) is 12.8. The van der Waals surface area contributed by atoms with Gasteiger partial charge in [0, 0.05) is 17.3 Å². The lowest BCUT2D eigenvalue weighted by Crippen LogP contribution is -2.26. The Morgan fingerprint density at radius 1 is 0.328 bits per heavy atom. The molecule has 0 fully saturated rings. The Morgan fingerprint density at radius 2 is 0.746 bits per heavy atom. The highest BCUT2D eigenvalue weighted by Gasteiger charge is 2.23. The maximum Gasteiger partial charge on any atom is 0.154 e. The van der Waals surface area contributed by atoms with E-state index in [0.717, 1.165) is 44.3 Å². The molecule has 67 heavy (non-hydrogen) atoms. The number of nitrogens with one attached hydrogen (secondary N) is 2. The highest BCUT2D eigenvalue weighted by atomic mass is 31.1. The minimum atomic E-state index is -0.877. The third-order valence-corrected chi connectivity index (χ3v) is 17.1. The van der Waals surface area contributed by atoms with Gasteiger partial charge in [0.25, 0.3) is 0 Å². The highest BCUT2D eigenvalue weighted by Crippen LogP contribution is 2.39. The number of amidine groups is 1. The highest BCUT2D eigenvalue weighted by molar-refractivity contribution is 7.81. The quantitative estimate of drug-likeness (QED) is 0.0781. The summed E-state index contributed by atoms with van der Waals surface area (Å²) in [7, 11) is -1.75. The Balaban J connectivity index is 1.01. The van der Waals surface area contributed by atoms with Crippen LogP contribution in [0.2, 0.25) is 0 Å². The number of rotatable bonds is 10. The van der Waals surface area contributed by atoms with Gasteiger partial charge < -0.3 is 4.98 Å². The first kappa shape index (κ1) is 41.9. The molecule has 0 amide bonds. The SMILES string of the molecule is N=C(N=c1[nH]cc(-c2ccc3ccccc3c2)cc1-c1ccc2ccccc2c1)c1ccc(-c2cc(P(c3ccccc3)c3ccccc3)cc(P(c3ccccc3)c3ccccc3)c2)cc1. The van der Waals surface area contributed by atoms with Crippen LogP contribution in [0, 0.1) is 5.41 Å². The summed E-state index contributed by atoms with van der Waals surface area (Å²) in [5.41, 5.74) is 7.75. The van der Waals surface area contributed by atoms with Crippen molar-refractivity contribution in [3.05, 3.63) is 272 Å². The first-order valence-electron chi connectivity index (χ1n) is 22.5. The van der Waals surface area contributed by atoms with Crippen molar-refractivity contribution < 1.29 is 0 Å². The van der Waals surface area contributed by atoms with Gasteiger partial charge in [-0.25, -0.2) is 4.99 Å². The van der Waals surface area contributed by atoms with Crippen molar-refractivity contribution in [2.45, 2.75) is 0 Å². The van der Waals surface area contributed by atoms with Gasteiger partial charge in [0.2, 0.25) is 0 Å². The van der Waals surface area contributed by atoms with E-state index in [-0.39, 0.29) is 5.84 Å². The second-order valence-electron chi connectivity index (χ2n) is 16.6. The molecule has 3 nitrogen and oxygen atoms in total. The van der Waals surface area contributed by atoms with Crippen LogP contribution >= 0.6 is 15.8 Å². The minimum absolute atomic E-state index is 0.186. The van der Waals surface area contributed by atoms with Gasteiger partial charge in [-0.2, -0.15) is 0 Å². The molecule has 11 aromatic rings. The van der Waals surface area contributed by atoms with Crippen LogP contribution in [-0.4, -0.2) is 10.8 Å². The summed E-state index contributed by atoms with van der Waals surface area (Å²) in [4.78, 5) is 8.53. The zero-order chi connectivity index (χ0) is 44.9. The normalized spacial score (nSPS) is 11.7. The van der Waals surface area contributed by atoms with Crippen LogP contribution in [0.15, 0.2) is 266 Å². The Labute approximate surface area is 393 Å². The van der Waals surface area contributed by atoms with Gasteiger partial charge >= 0.3 is 0 Å². The lowest BCUT2D eigenvalue weighted by Gasteiger charge is -2.25. The first-order valence-corrected chi connectivity index (χ1v) is 25.2. The number of hydrogen-bond donors (Lipinski definition) is 2. The molecule has 0 aliphatic carbocycles. The molecule has 1 heterocycles. The molecular weight excluding hydrogens is 849 g/mol. The second-order valence-corrected chi connectivity index (χ2v) is 21.0. The lowest BCUT2D eigenvalue weighted by atomic mass is 9.98. The molecule has 0 radical (unpaired) electrons. The van der Waals surface area contributed by atoms with E-state index in [4.69, 9.17) is 4.99 Å². The van der Waals surface area contributed by atoms with E-state index < -0.39 is 15.8 Å². The van der Waals surface area contributed by atoms with E-state index in [1.54, 1.807) is 0 Å². The molecule has 1 aromatic heterocycles. The molecule has 11 rings (SSSR count). The number of aromatic nitrogens is 1. The molecule has 0 unspecified atom stereocenters. The Hall–Kier alpha value is -7.80. The smallest absolute Gasteiger partial charge is 0.154 e. The summed E-state index contributed by atoms with van der Waals surface area (Å²) < 4.78 is 0. The topological polar surface area (TPSA) is 52.0 Å². The maximum absolute atomic E-state index is 9.42. The van der Waals surface area contributed by atoms with Gasteiger partial charge in [0.15, 0.2) is 5.84 Å². The molecule has 0 aliphatic heterocycles. The van der Waals surface area contributed by atoms with E-state index in [1.807, 2.05) is 18.3 Å². The second kappa shape index (κ2) is 19.0. The summed E-state index contributed by atoms with van der Waals surface area (Å²) in [6.07, 6.45) is 2.01. The van der Waals surface area contributed by atoms with Crippen LogP contribution in [0.5, 0.6) is 0 Å². The van der Waals surface area contributed by atoms with Gasteiger partial charge in [-0.1, -0.05) is 218 Å². The number of H-pyrrole nitrogens is 1. The molecule has 0 aliphatic rings. The predicted molar refractivity (Wildman–Crippen MR) is 288 cm³/mol. The molecule has 0 bridgehead atoms. The third-order valence-electron chi connectivity index (χ3n) is 12.3. The fourth-order valence-corrected chi connectivity index (χ4v) is 13.8. The number of benzene rings is 10. The van der Waals surface area contributed by atoms with Crippen molar-refractivity contribution in [1.29, 1.82) is 5.41 Å². The number of hydrogen-bond acceptors (Lipinski definition) is 1. The van der Waals surface area contributed by atoms with E-state index in [0.29, 0.717) is 5.49 Å². The van der Waals surface area contributed by atoms with Crippen molar-refractivity contribution >= 4 is 75.1 Å². The van der Waals surface area contributed by atoms with Crippen LogP contribution in [0.3, 0.4) is 0 Å². The average molecular weight is 894 g/mol. The molecule has 2 N–H and O–H groups in total. The summed E-state index contributed by atoms with van der Waals surface area (Å²) in [5, 5.41) is 22.0. The van der Waals surface area contributed by atoms with E-state index in [9.17, 15) is 5.41 Å². The fraction of sp³-hybridized carbons (Fsp3) is 0. The first-order chi connectivity index (χ1) is 33.1. The number of fused-ring (bicyclic) bond motifs is 2. The van der Waals surface area contributed by atoms with Crippen molar-refractivity contribution in [1.82, 2.24) is 4.98 Å². The monoisotopic (exact) mass is 893 g/mol. The molecule has 0 saturated heterocycles. The number of aromatic amines is 1. The summed E-state index contributed by atoms with van der Waals surface area (Å²) >= 11 is 0. The van der Waals surface area contributed by atoms with Crippen LogP contribution in [0.25, 0.3) is 54.9 Å². The minimum Gasteiger partial charge on any atom is -0.345 e. The number of pyridine rings is 1. The molecule has 0 saturated carbocycles. The molecule has 0 atom stereocenters. The van der Waals surface area contributed by atoms with Crippen LogP contribution in [0.4, 0.5) is 0 Å². The fourth-order valence-electron chi connectivity index (χ4n) is 8.91. The zero-order valence-electron chi connectivity index (χ0n) is 36.7. The molecule has 5 heteroatoms. The third kappa shape index (κ3) is 8.96. The van der Waals surface area contributed by atoms with Gasteiger partial charge in [-0.3, -0.25) is 5.41 Å². The van der Waals surface area contributed by atoms with Gasteiger partial charge in [-0.15, -0.1) is 0 Å². The van der Waals surface area contributed by atoms with Crippen molar-refractivity contribution in [3.8, 4) is 33.4 Å². The zero-order valence-corrected chi connectivity index (χ0v) is 38.5. The van der Waals surface area contributed by atoms with Gasteiger partial charge in [0.05, 0.1) is 0 Å². The standard InChI is InChI=1S/C62H45N3P2/c63-61(65-62-60(51-36-32-45-18-14-16-20-49(45)38-51)41-53(43-64-62)50-35-31-44-17-13-15-19-48(44)37-50)47-33-29-46(30-34-47)52-39-58(66(54-21-5-1-6-22-54)55-23-7-2-8-24-55)42-59(40-52)67(56-25-9-3-10-26-56)57-27-11-4-12-28-57/h1-43H,(H2,63,64,65). The molecule has 318 valence electrons. The largest absolute Gasteiger partial charge is 0.345 e. The summed E-state index contributed by atoms with van der Waals surface area (Å²) in [6, 6.07) is 91.6. The Morgan fingerprint density at radius 3 is 1.24 bits per heavy atom. The van der Waals surface area contributed by atoms with E-state index in [2.05, 4.69) is 248 Å². The Bertz CT molecular complexity index is 3410. The summed E-state index contributed by atoms with van der Waals surface area (Å²) in [5.74, 6) is 0.186. The maximum atomic E-state index is 9.42. The molecular formula is C62H45N3P2. The lowest BCUT2D eigenvalue weighted by molar-refractivity contribution is 1.16. The van der Waals surface area contributed by atoms with Crippen molar-refractivity contribution in [2.75, 3.05) is 0 Å². The number of nitrogens with zero attached hydrogens (tertiary/aromatic N) is 1. The van der Waals surface area contributed by atoms with Crippen molar-refractivity contribution in [2.24, 2.45) is 4.99 Å². The average Bonchev–Trinajstić information content (AvgIpc) is 3.40. The molecule has 10 aromatic carbocycles. The van der Waals surface area contributed by atoms with Crippen LogP contribution in [0.1, 0.15) is 5.56 Å².